The smallest absolute Gasteiger partial charge is 0.243 e. The first-order valence-electron chi connectivity index (χ1n) is 23.4. The predicted molar refractivity (Wildman–Crippen MR) is 258 cm³/mol. The maximum Gasteiger partial charge on any atom is 0.243 e. The minimum absolute atomic E-state index is 0.0199. The maximum atomic E-state index is 15.6. The SMILES string of the molecule is N=C(NCCCCCCNC(=N)NC(=N)N1CCN(c2cc3c(cc2F)C(=O)C2C(=O)NSC2N3C2CC2)CC1)NC(=N)N1CCN(c2cc3c(cc2F)C(=O)C2C(=O)NSC2N3C2CC2)CC1. The van der Waals surface area contributed by atoms with Crippen LogP contribution in [0.4, 0.5) is 31.5 Å². The van der Waals surface area contributed by atoms with Crippen LogP contribution in [0.5, 0.6) is 0 Å². The van der Waals surface area contributed by atoms with E-state index < -0.39 is 23.5 Å². The van der Waals surface area contributed by atoms with Crippen LogP contribution in [0.2, 0.25) is 0 Å². The third-order valence-corrected chi connectivity index (χ3v) is 16.1. The number of unbranched alkanes of at least 4 members (excludes halogenated alkanes) is 3. The number of carbonyl (C=O) groups excluding carboxylic acids is 4. The highest BCUT2D eigenvalue weighted by Gasteiger charge is 2.54. The largest absolute Gasteiger partial charge is 0.366 e. The Morgan fingerprint density at radius 3 is 1.31 bits per heavy atom. The molecule has 0 radical (unpaired) electrons. The van der Waals surface area contributed by atoms with E-state index in [0.29, 0.717) is 88.2 Å². The van der Waals surface area contributed by atoms with Crippen molar-refractivity contribution in [2.24, 2.45) is 11.8 Å². The Hall–Kier alpha value is -6.04. The minimum atomic E-state index is -0.839. The summed E-state index contributed by atoms with van der Waals surface area (Å²) in [7, 11) is 0. The normalized spacial score (nSPS) is 24.1. The molecule has 2 aliphatic carbocycles. The fourth-order valence-electron chi connectivity index (χ4n) is 10.1. The number of rotatable bonds is 11. The third kappa shape index (κ3) is 8.91. The van der Waals surface area contributed by atoms with Crippen LogP contribution in [0.15, 0.2) is 24.3 Å². The molecule has 20 nitrogen and oxygen atoms in total. The Kier molecular flexibility index (Phi) is 12.6. The number of piperazine rings is 2. The van der Waals surface area contributed by atoms with Gasteiger partial charge in [-0.3, -0.25) is 60.9 Å². The molecule has 4 saturated heterocycles. The first-order chi connectivity index (χ1) is 32.9. The van der Waals surface area contributed by atoms with Crippen molar-refractivity contribution in [1.29, 1.82) is 21.6 Å². The van der Waals surface area contributed by atoms with Crippen LogP contribution in [-0.4, -0.2) is 145 Å². The van der Waals surface area contributed by atoms with Crippen LogP contribution in [0.3, 0.4) is 0 Å². The van der Waals surface area contributed by atoms with Gasteiger partial charge in [-0.1, -0.05) is 12.8 Å². The van der Waals surface area contributed by atoms with Gasteiger partial charge in [0.15, 0.2) is 35.4 Å². The molecule has 10 rings (SSSR count). The quantitative estimate of drug-likeness (QED) is 0.0510. The van der Waals surface area contributed by atoms with Crippen molar-refractivity contribution in [1.82, 2.24) is 40.5 Å². The van der Waals surface area contributed by atoms with E-state index in [9.17, 15) is 19.2 Å². The molecular formula is C44H56F2N16O4S2. The van der Waals surface area contributed by atoms with Gasteiger partial charge in [0.05, 0.1) is 22.7 Å². The Bertz CT molecular complexity index is 2280. The van der Waals surface area contributed by atoms with E-state index in [1.165, 1.54) is 36.0 Å². The Morgan fingerprint density at radius 2 is 0.941 bits per heavy atom. The number of Topliss-reactive ketones (excluding diaryl/α,β-unsaturated/α-hetero) is 2. The summed E-state index contributed by atoms with van der Waals surface area (Å²) in [6, 6.07) is 6.50. The number of fused-ring (bicyclic) bond motifs is 4. The first-order valence-corrected chi connectivity index (χ1v) is 25.2. The third-order valence-electron chi connectivity index (χ3n) is 14.0. The second-order valence-corrected chi connectivity index (χ2v) is 20.3. The second kappa shape index (κ2) is 18.8. The molecule has 2 saturated carbocycles. The molecule has 2 aromatic rings. The summed E-state index contributed by atoms with van der Waals surface area (Å²) in [5, 5.41) is 44.8. The van der Waals surface area contributed by atoms with Gasteiger partial charge in [0, 0.05) is 88.7 Å². The van der Waals surface area contributed by atoms with Crippen molar-refractivity contribution in [2.45, 2.75) is 74.2 Å². The maximum absolute atomic E-state index is 15.6. The number of carbonyl (C=O) groups is 4. The average molecular weight is 975 g/mol. The van der Waals surface area contributed by atoms with Crippen molar-refractivity contribution in [3.05, 3.63) is 47.0 Å². The van der Waals surface area contributed by atoms with Gasteiger partial charge in [-0.05, 0) is 86.7 Å². The average Bonchev–Trinajstić information content (AvgIpc) is 4.27. The molecule has 0 bridgehead atoms. The number of nitrogens with one attached hydrogen (secondary N) is 10. The summed E-state index contributed by atoms with van der Waals surface area (Å²) in [6.45, 7) is 4.62. The molecule has 2 aromatic carbocycles. The standard InChI is InChI=1S/C44H56F2N16O4S2/c45-27-19-25-29(61(23-5-6-23)39-33(35(25)63)37(65)55-67-39)21-31(27)57-11-15-59(16-12-57)43(49)53-41(47)51-9-3-1-2-4-10-52-42(48)54-44(50)60-17-13-58(14-18-60)32-22-30-26(20-28(32)46)36(64)34-38(66)56-68-40(34)62(30)24-7-8-24/h19-24,33-34,39-40H,1-18H2,(H,55,65)(H,56,66)(H4,47,49,51,53)(H4,48,50,52,54). The molecule has 10 N–H and O–H groups in total. The van der Waals surface area contributed by atoms with Crippen LogP contribution in [0.1, 0.15) is 72.1 Å². The van der Waals surface area contributed by atoms with E-state index in [-0.39, 0.29) is 81.2 Å². The van der Waals surface area contributed by atoms with Crippen LogP contribution in [0.25, 0.3) is 0 Å². The van der Waals surface area contributed by atoms with Gasteiger partial charge in [0.1, 0.15) is 34.2 Å². The lowest BCUT2D eigenvalue weighted by Gasteiger charge is -2.40. The van der Waals surface area contributed by atoms with Gasteiger partial charge in [-0.2, -0.15) is 0 Å². The van der Waals surface area contributed by atoms with E-state index in [0.717, 1.165) is 51.4 Å². The number of nitrogens with zero attached hydrogens (tertiary/aromatic N) is 6. The van der Waals surface area contributed by atoms with Gasteiger partial charge >= 0.3 is 0 Å². The minimum Gasteiger partial charge on any atom is -0.366 e. The number of guanidine groups is 4. The molecule has 0 aromatic heterocycles. The van der Waals surface area contributed by atoms with Gasteiger partial charge in [-0.15, -0.1) is 0 Å². The molecule has 0 spiro atoms. The van der Waals surface area contributed by atoms with Gasteiger partial charge in [0.25, 0.3) is 0 Å². The predicted octanol–water partition coefficient (Wildman–Crippen LogP) is 2.34. The van der Waals surface area contributed by atoms with E-state index in [2.05, 4.69) is 40.5 Å². The zero-order chi connectivity index (χ0) is 47.4. The van der Waals surface area contributed by atoms with Crippen LogP contribution < -0.4 is 50.3 Å². The number of halogens is 2. The van der Waals surface area contributed by atoms with Crippen LogP contribution in [0, 0.1) is 45.1 Å². The molecule has 6 heterocycles. The molecular weight excluding hydrogens is 919 g/mol. The number of hydrogen-bond acceptors (Lipinski definition) is 14. The Labute approximate surface area is 400 Å². The van der Waals surface area contributed by atoms with Crippen LogP contribution in [-0.2, 0) is 9.59 Å². The van der Waals surface area contributed by atoms with E-state index >= 15 is 8.78 Å². The fourth-order valence-corrected chi connectivity index (χ4v) is 12.4. The summed E-state index contributed by atoms with van der Waals surface area (Å²) in [5.74, 6) is -3.83. The first kappa shape index (κ1) is 45.7. The highest BCUT2D eigenvalue weighted by atomic mass is 32.2. The summed E-state index contributed by atoms with van der Waals surface area (Å²) in [4.78, 5) is 63.2. The summed E-state index contributed by atoms with van der Waals surface area (Å²) in [5.41, 5.74) is 2.66. The number of anilines is 4. The van der Waals surface area contributed by atoms with Crippen molar-refractivity contribution < 1.29 is 28.0 Å². The van der Waals surface area contributed by atoms with Gasteiger partial charge in [0.2, 0.25) is 11.8 Å². The molecule has 2 amide bonds. The molecule has 6 aliphatic heterocycles. The Morgan fingerprint density at radius 1 is 0.559 bits per heavy atom. The molecule has 4 atom stereocenters. The second-order valence-electron chi connectivity index (χ2n) is 18.5. The highest BCUT2D eigenvalue weighted by molar-refractivity contribution is 7.99. The van der Waals surface area contributed by atoms with E-state index in [1.54, 1.807) is 21.9 Å². The summed E-state index contributed by atoms with van der Waals surface area (Å²) in [6.07, 6.45) is 7.22. The lowest BCUT2D eigenvalue weighted by atomic mass is 9.89. The van der Waals surface area contributed by atoms with Crippen molar-refractivity contribution in [3.8, 4) is 0 Å². The van der Waals surface area contributed by atoms with Crippen molar-refractivity contribution in [3.63, 3.8) is 0 Å². The number of ketones is 2. The summed E-state index contributed by atoms with van der Waals surface area (Å²) >= 11 is 2.51. The van der Waals surface area contributed by atoms with Crippen molar-refractivity contribution in [2.75, 3.05) is 85.0 Å². The number of hydrogen-bond donors (Lipinski definition) is 10. The Balaban J connectivity index is 0.593. The topological polar surface area (TPSA) is 255 Å². The van der Waals surface area contributed by atoms with Crippen LogP contribution >= 0.6 is 23.9 Å². The number of amides is 2. The zero-order valence-electron chi connectivity index (χ0n) is 37.4. The highest BCUT2D eigenvalue weighted by Crippen LogP contribution is 2.50. The number of benzene rings is 2. The van der Waals surface area contributed by atoms with Gasteiger partial charge in [-0.25, -0.2) is 8.78 Å². The lowest BCUT2D eigenvalue weighted by Crippen LogP contribution is -2.55. The fraction of sp³-hybridized carbons (Fsp3) is 0.545. The van der Waals surface area contributed by atoms with Gasteiger partial charge < -0.3 is 40.0 Å². The van der Waals surface area contributed by atoms with E-state index in [4.69, 9.17) is 21.6 Å². The molecule has 68 heavy (non-hydrogen) atoms. The summed E-state index contributed by atoms with van der Waals surface area (Å²) < 4.78 is 36.7. The monoisotopic (exact) mass is 974 g/mol. The molecule has 6 fully saturated rings. The van der Waals surface area contributed by atoms with Crippen molar-refractivity contribution >= 4 is 93.9 Å². The molecule has 4 unspecified atom stereocenters. The molecule has 362 valence electrons. The lowest BCUT2D eigenvalue weighted by molar-refractivity contribution is -0.121. The molecule has 8 aliphatic rings. The zero-order valence-corrected chi connectivity index (χ0v) is 39.0. The van der Waals surface area contributed by atoms with E-state index in [1.807, 2.05) is 9.80 Å². The molecule has 24 heteroatoms.